The zero-order valence-electron chi connectivity index (χ0n) is 14.5. The zero-order chi connectivity index (χ0) is 17.1. The summed E-state index contributed by atoms with van der Waals surface area (Å²) in [4.78, 5) is 15.7. The Morgan fingerprint density at radius 3 is 2.83 bits per heavy atom. The van der Waals surface area contributed by atoms with Gasteiger partial charge < -0.3 is 9.80 Å². The van der Waals surface area contributed by atoms with E-state index in [0.29, 0.717) is 6.04 Å². The summed E-state index contributed by atoms with van der Waals surface area (Å²) < 4.78 is 1.14. The first-order valence-corrected chi connectivity index (χ1v) is 9.02. The highest BCUT2D eigenvalue weighted by molar-refractivity contribution is 9.10. The molecule has 2 aromatic rings. The van der Waals surface area contributed by atoms with Gasteiger partial charge in [-0.05, 0) is 30.2 Å². The van der Waals surface area contributed by atoms with Gasteiger partial charge >= 0.3 is 0 Å². The predicted octanol–water partition coefficient (Wildman–Crippen LogP) is 3.02. The minimum atomic E-state index is 0.488. The van der Waals surface area contributed by atoms with E-state index in [1.807, 2.05) is 31.3 Å². The van der Waals surface area contributed by atoms with Crippen molar-refractivity contribution < 1.29 is 0 Å². The molecule has 0 amide bonds. The summed E-state index contributed by atoms with van der Waals surface area (Å²) in [5.41, 5.74) is 1.35. The molecule has 0 saturated carbocycles. The fourth-order valence-electron chi connectivity index (χ4n) is 3.10. The number of benzene rings is 1. The summed E-state index contributed by atoms with van der Waals surface area (Å²) in [5, 5.41) is 0. The van der Waals surface area contributed by atoms with E-state index < -0.39 is 0 Å². The van der Waals surface area contributed by atoms with Gasteiger partial charge in [-0.15, -0.1) is 0 Å². The molecule has 1 unspecified atom stereocenters. The largest absolute Gasteiger partial charge is 0.355 e. The number of hydrogen-bond donors (Lipinski definition) is 0. The van der Waals surface area contributed by atoms with Crippen molar-refractivity contribution in [2.24, 2.45) is 0 Å². The van der Waals surface area contributed by atoms with Crippen molar-refractivity contribution in [1.29, 1.82) is 0 Å². The summed E-state index contributed by atoms with van der Waals surface area (Å²) in [6, 6.07) is 11.0. The molecule has 1 aliphatic heterocycles. The second-order valence-corrected chi connectivity index (χ2v) is 7.44. The van der Waals surface area contributed by atoms with Crippen LogP contribution < -0.4 is 9.80 Å². The van der Waals surface area contributed by atoms with E-state index in [2.05, 4.69) is 67.0 Å². The third-order valence-electron chi connectivity index (χ3n) is 4.48. The van der Waals surface area contributed by atoms with Gasteiger partial charge in [0.2, 0.25) is 5.95 Å². The molecule has 128 valence electrons. The van der Waals surface area contributed by atoms with E-state index in [4.69, 9.17) is 0 Å². The molecule has 0 N–H and O–H groups in total. The van der Waals surface area contributed by atoms with Gasteiger partial charge in [0.1, 0.15) is 5.82 Å². The highest BCUT2D eigenvalue weighted by Gasteiger charge is 2.26. The molecule has 1 fully saturated rings. The van der Waals surface area contributed by atoms with Crippen molar-refractivity contribution >= 4 is 27.7 Å². The Labute approximate surface area is 152 Å². The molecule has 6 heteroatoms. The average molecular weight is 390 g/mol. The van der Waals surface area contributed by atoms with Crippen LogP contribution in [0.3, 0.4) is 0 Å². The second kappa shape index (κ2) is 7.49. The highest BCUT2D eigenvalue weighted by atomic mass is 79.9. The number of hydrogen-bond acceptors (Lipinski definition) is 5. The Kier molecular flexibility index (Phi) is 5.36. The van der Waals surface area contributed by atoms with Crippen LogP contribution in [-0.4, -0.2) is 55.1 Å². The van der Waals surface area contributed by atoms with Crippen molar-refractivity contribution in [1.82, 2.24) is 14.9 Å². The molecule has 0 spiro atoms. The topological polar surface area (TPSA) is 35.5 Å². The van der Waals surface area contributed by atoms with E-state index in [-0.39, 0.29) is 0 Å². The molecular formula is C18H24BrN5. The third kappa shape index (κ3) is 4.05. The number of aromatic nitrogens is 2. The fourth-order valence-corrected chi connectivity index (χ4v) is 3.55. The number of likely N-dealkylation sites (tertiary alicyclic amines) is 1. The smallest absolute Gasteiger partial charge is 0.226 e. The normalized spacial score (nSPS) is 17.9. The molecule has 3 rings (SSSR count). The maximum Gasteiger partial charge on any atom is 0.226 e. The van der Waals surface area contributed by atoms with Crippen LogP contribution in [0.2, 0.25) is 0 Å². The van der Waals surface area contributed by atoms with E-state index in [1.54, 1.807) is 0 Å². The lowest BCUT2D eigenvalue weighted by atomic mass is 10.2. The van der Waals surface area contributed by atoms with E-state index in [1.165, 1.54) is 5.56 Å². The van der Waals surface area contributed by atoms with Gasteiger partial charge in [-0.25, -0.2) is 4.98 Å². The van der Waals surface area contributed by atoms with Gasteiger partial charge in [0.05, 0.1) is 0 Å². The average Bonchev–Trinajstić information content (AvgIpc) is 3.02. The van der Waals surface area contributed by atoms with Gasteiger partial charge in [-0.2, -0.15) is 4.98 Å². The van der Waals surface area contributed by atoms with Gasteiger partial charge in [0, 0.05) is 57.5 Å². The lowest BCUT2D eigenvalue weighted by molar-refractivity contribution is 0.326. The standard InChI is InChI=1S/C18H24BrN5/c1-22(2)18-20-9-7-17(21-18)23(3)16-8-10-24(13-16)12-14-5-4-6-15(19)11-14/h4-7,9,11,16H,8,10,12-13H2,1-3H3. The molecule has 1 saturated heterocycles. The second-order valence-electron chi connectivity index (χ2n) is 6.53. The van der Waals surface area contributed by atoms with Crippen LogP contribution >= 0.6 is 15.9 Å². The van der Waals surface area contributed by atoms with Gasteiger partial charge in [0.15, 0.2) is 0 Å². The van der Waals surface area contributed by atoms with Crippen LogP contribution in [0.1, 0.15) is 12.0 Å². The first-order chi connectivity index (χ1) is 11.5. The van der Waals surface area contributed by atoms with Crippen molar-refractivity contribution in [3.05, 3.63) is 46.6 Å². The molecule has 2 heterocycles. The Morgan fingerprint density at radius 2 is 2.08 bits per heavy atom. The quantitative estimate of drug-likeness (QED) is 0.785. The summed E-state index contributed by atoms with van der Waals surface area (Å²) in [6.07, 6.45) is 2.99. The first-order valence-electron chi connectivity index (χ1n) is 8.23. The molecule has 1 aliphatic rings. The molecule has 0 bridgehead atoms. The highest BCUT2D eigenvalue weighted by Crippen LogP contribution is 2.23. The lowest BCUT2D eigenvalue weighted by Gasteiger charge is -2.26. The summed E-state index contributed by atoms with van der Waals surface area (Å²) >= 11 is 3.55. The molecule has 1 aromatic carbocycles. The molecule has 24 heavy (non-hydrogen) atoms. The van der Waals surface area contributed by atoms with Crippen molar-refractivity contribution in [3.8, 4) is 0 Å². The molecule has 1 atom stereocenters. The van der Waals surface area contributed by atoms with Crippen LogP contribution in [0, 0.1) is 0 Å². The van der Waals surface area contributed by atoms with Crippen molar-refractivity contribution in [2.75, 3.05) is 44.0 Å². The third-order valence-corrected chi connectivity index (χ3v) is 4.97. The van der Waals surface area contributed by atoms with Gasteiger partial charge in [-0.3, -0.25) is 4.90 Å². The number of likely N-dealkylation sites (N-methyl/N-ethyl adjacent to an activating group) is 1. The number of nitrogens with zero attached hydrogens (tertiary/aromatic N) is 5. The number of anilines is 2. The maximum absolute atomic E-state index is 4.65. The molecular weight excluding hydrogens is 366 g/mol. The SMILES string of the molecule is CN(C)c1nccc(N(C)C2CCN(Cc3cccc(Br)c3)C2)n1. The Hall–Kier alpha value is -1.66. The van der Waals surface area contributed by atoms with E-state index in [0.717, 1.165) is 42.3 Å². The number of halogens is 1. The van der Waals surface area contributed by atoms with Crippen LogP contribution in [-0.2, 0) is 6.54 Å². The number of rotatable bonds is 5. The summed E-state index contributed by atoms with van der Waals surface area (Å²) in [6.45, 7) is 3.17. The van der Waals surface area contributed by atoms with Gasteiger partial charge in [0.25, 0.3) is 0 Å². The Balaban J connectivity index is 1.63. The van der Waals surface area contributed by atoms with Crippen molar-refractivity contribution in [3.63, 3.8) is 0 Å². The van der Waals surface area contributed by atoms with Gasteiger partial charge in [-0.1, -0.05) is 28.1 Å². The van der Waals surface area contributed by atoms with E-state index >= 15 is 0 Å². The Morgan fingerprint density at radius 1 is 1.25 bits per heavy atom. The van der Waals surface area contributed by atoms with E-state index in [9.17, 15) is 0 Å². The predicted molar refractivity (Wildman–Crippen MR) is 103 cm³/mol. The van der Waals surface area contributed by atoms with Crippen LogP contribution in [0.4, 0.5) is 11.8 Å². The molecule has 1 aromatic heterocycles. The zero-order valence-corrected chi connectivity index (χ0v) is 16.1. The first kappa shape index (κ1) is 17.2. The van der Waals surface area contributed by atoms with Crippen LogP contribution in [0.15, 0.2) is 41.0 Å². The summed E-state index contributed by atoms with van der Waals surface area (Å²) in [5.74, 6) is 1.74. The molecule has 5 nitrogen and oxygen atoms in total. The van der Waals surface area contributed by atoms with Crippen LogP contribution in [0.25, 0.3) is 0 Å². The van der Waals surface area contributed by atoms with Crippen LogP contribution in [0.5, 0.6) is 0 Å². The molecule has 0 aliphatic carbocycles. The molecule has 0 radical (unpaired) electrons. The summed E-state index contributed by atoms with van der Waals surface area (Å²) in [7, 11) is 6.07. The minimum absolute atomic E-state index is 0.488. The minimum Gasteiger partial charge on any atom is -0.355 e. The Bertz CT molecular complexity index is 691. The van der Waals surface area contributed by atoms with Crippen molar-refractivity contribution in [2.45, 2.75) is 19.0 Å². The lowest BCUT2D eigenvalue weighted by Crippen LogP contribution is -2.35. The monoisotopic (exact) mass is 389 g/mol. The fraction of sp³-hybridized carbons (Fsp3) is 0.444. The maximum atomic E-state index is 4.65.